The number of hydrogen-bond donors (Lipinski definition) is 5. The number of nitrogen functional groups attached to an aromatic ring is 1. The molecule has 0 aliphatic heterocycles. The van der Waals surface area contributed by atoms with Crippen molar-refractivity contribution in [3.63, 3.8) is 0 Å². The van der Waals surface area contributed by atoms with Gasteiger partial charge in [0.1, 0.15) is 17.7 Å². The van der Waals surface area contributed by atoms with Gasteiger partial charge in [-0.1, -0.05) is 96.6 Å². The number of rotatable bonds is 32. The molecule has 0 unspecified atom stereocenters. The van der Waals surface area contributed by atoms with Crippen LogP contribution in [0.5, 0.6) is 0 Å². The number of anilines is 3. The highest BCUT2D eigenvalue weighted by Gasteiger charge is 2.30. The first-order chi connectivity index (χ1) is 31.1. The first-order valence-corrected chi connectivity index (χ1v) is 24.5. The maximum atomic E-state index is 13.7. The highest BCUT2D eigenvalue weighted by Crippen LogP contribution is 2.21. The van der Waals surface area contributed by atoms with Gasteiger partial charge >= 0.3 is 23.7 Å². The van der Waals surface area contributed by atoms with Gasteiger partial charge in [0.25, 0.3) is 0 Å². The van der Waals surface area contributed by atoms with Gasteiger partial charge in [-0.15, -0.1) is 0 Å². The van der Waals surface area contributed by atoms with E-state index in [2.05, 4.69) is 44.7 Å². The summed E-state index contributed by atoms with van der Waals surface area (Å²) >= 11 is 1.32. The number of ketones is 1. The average molecular weight is 927 g/mol. The number of nitrogens with zero attached hydrogens (tertiary/aromatic N) is 3. The zero-order chi connectivity index (χ0) is 47.6. The molecule has 0 radical (unpaired) electrons. The number of nitrogens with one attached hydrogen (secondary N) is 4. The van der Waals surface area contributed by atoms with E-state index in [9.17, 15) is 28.8 Å². The lowest BCUT2D eigenvalue weighted by Gasteiger charge is -2.24. The van der Waals surface area contributed by atoms with E-state index < -0.39 is 41.1 Å². The molecule has 65 heavy (non-hydrogen) atoms. The number of amides is 2. The van der Waals surface area contributed by atoms with E-state index in [4.69, 9.17) is 19.9 Å². The van der Waals surface area contributed by atoms with Gasteiger partial charge in [-0.3, -0.25) is 23.7 Å². The summed E-state index contributed by atoms with van der Waals surface area (Å²) in [4.78, 5) is 89.0. The Hall–Kier alpha value is -5.13. The summed E-state index contributed by atoms with van der Waals surface area (Å²) < 4.78 is 17.3. The number of Topliss-reactive ketones (excluding diaryl/α,β-unsaturated/α-hetero) is 1. The lowest BCUT2D eigenvalue weighted by atomic mass is 9.94. The minimum atomic E-state index is -1.02. The number of alkyl carbamates (subject to hydrolysis) is 1. The number of unbranched alkanes of at least 4 members (excludes halogenated alkanes) is 11. The summed E-state index contributed by atoms with van der Waals surface area (Å²) in [5.74, 6) is -1.66. The minimum absolute atomic E-state index is 0.00741. The van der Waals surface area contributed by atoms with Crippen LogP contribution in [0.3, 0.4) is 0 Å². The zero-order valence-electron chi connectivity index (χ0n) is 39.5. The summed E-state index contributed by atoms with van der Waals surface area (Å²) in [6, 6.07) is 5.90. The molecule has 2 atom stereocenters. The Kier molecular flexibility index (Phi) is 24.5. The second kappa shape index (κ2) is 29.4. The van der Waals surface area contributed by atoms with Gasteiger partial charge in [0, 0.05) is 43.0 Å². The number of ether oxygens (including phenoxy) is 3. The molecular weight excluding hydrogens is 853 g/mol. The predicted octanol–water partition coefficient (Wildman–Crippen LogP) is 8.30. The molecule has 0 saturated heterocycles. The number of carbonyl (C=O) groups excluding carboxylic acids is 5. The summed E-state index contributed by atoms with van der Waals surface area (Å²) in [6.07, 6.45) is 14.3. The molecular formula is C47H74N8O9S. The molecule has 3 rings (SSSR count). The smallest absolute Gasteiger partial charge is 0.408 e. The van der Waals surface area contributed by atoms with Crippen molar-refractivity contribution < 1.29 is 38.2 Å². The van der Waals surface area contributed by atoms with Gasteiger partial charge in [-0.05, 0) is 57.7 Å². The Morgan fingerprint density at radius 2 is 1.52 bits per heavy atom. The SMILES string of the molecule is CCCCCCCCCCCCCC(=O)OCCSC[C@H](NC(=O)OC(C)(C)C)C(=O)C[C@@H](CCC(=O)Nc1ccc(Cn2c(=O)[nH]c3c(N)nc(NCCCC)nc32)cc1)C(=O)OC. The van der Waals surface area contributed by atoms with Crippen molar-refractivity contribution in [3.8, 4) is 0 Å². The van der Waals surface area contributed by atoms with Crippen molar-refractivity contribution in [2.75, 3.05) is 48.1 Å². The van der Waals surface area contributed by atoms with Crippen LogP contribution in [0.1, 0.15) is 149 Å². The van der Waals surface area contributed by atoms with Crippen LogP contribution in [0.25, 0.3) is 11.2 Å². The van der Waals surface area contributed by atoms with Crippen molar-refractivity contribution in [1.82, 2.24) is 24.8 Å². The lowest BCUT2D eigenvalue weighted by molar-refractivity contribution is -0.147. The monoisotopic (exact) mass is 927 g/mol. The number of aromatic nitrogens is 4. The molecule has 0 aliphatic carbocycles. The molecule has 18 heteroatoms. The van der Waals surface area contributed by atoms with E-state index in [1.54, 1.807) is 45.0 Å². The highest BCUT2D eigenvalue weighted by atomic mass is 32.2. The number of fused-ring (bicyclic) bond motifs is 1. The fourth-order valence-electron chi connectivity index (χ4n) is 7.00. The van der Waals surface area contributed by atoms with E-state index in [1.165, 1.54) is 74.8 Å². The van der Waals surface area contributed by atoms with Crippen molar-refractivity contribution >= 4 is 70.1 Å². The Bertz CT molecular complexity index is 2000. The lowest BCUT2D eigenvalue weighted by Crippen LogP contribution is -2.46. The molecule has 6 N–H and O–H groups in total. The first-order valence-electron chi connectivity index (χ1n) is 23.4. The number of esters is 2. The van der Waals surface area contributed by atoms with Gasteiger partial charge in [0.05, 0.1) is 25.6 Å². The van der Waals surface area contributed by atoms with Crippen LogP contribution in [0.4, 0.5) is 22.2 Å². The number of hydrogen-bond acceptors (Lipinski definition) is 14. The highest BCUT2D eigenvalue weighted by molar-refractivity contribution is 7.99. The van der Waals surface area contributed by atoms with E-state index >= 15 is 0 Å². The number of nitrogens with two attached hydrogens (primary N) is 1. The molecule has 3 aromatic rings. The number of carbonyl (C=O) groups is 5. The molecule has 2 aromatic heterocycles. The van der Waals surface area contributed by atoms with Crippen molar-refractivity contribution in [2.45, 2.75) is 162 Å². The Balaban J connectivity index is 1.49. The molecule has 2 amide bonds. The summed E-state index contributed by atoms with van der Waals surface area (Å²) in [7, 11) is 1.21. The Morgan fingerprint density at radius 3 is 2.15 bits per heavy atom. The molecule has 0 saturated carbocycles. The molecule has 1 aromatic carbocycles. The van der Waals surface area contributed by atoms with E-state index in [1.807, 2.05) is 0 Å². The normalized spacial score (nSPS) is 12.3. The molecule has 0 spiro atoms. The van der Waals surface area contributed by atoms with Gasteiger partial charge in [0.2, 0.25) is 11.9 Å². The quantitative estimate of drug-likeness (QED) is 0.0225. The first kappa shape index (κ1) is 54.2. The summed E-state index contributed by atoms with van der Waals surface area (Å²) in [6.45, 7) is 10.4. The third-order valence-corrected chi connectivity index (χ3v) is 11.6. The minimum Gasteiger partial charge on any atom is -0.469 e. The predicted molar refractivity (Wildman–Crippen MR) is 257 cm³/mol. The second-order valence-corrected chi connectivity index (χ2v) is 18.5. The fourth-order valence-corrected chi connectivity index (χ4v) is 7.87. The van der Waals surface area contributed by atoms with Crippen LogP contribution in [0, 0.1) is 5.92 Å². The average Bonchev–Trinajstić information content (AvgIpc) is 3.57. The standard InChI is InChI=1S/C47H74N8O9S/c1-7-9-11-12-13-14-15-16-17-18-19-20-39(58)63-28-29-65-32-36(51-46(61)64-47(3,4)5)37(56)30-34(43(59)62-6)23-26-38(57)50-35-24-21-33(22-25-35)31-55-42-40(52-45(55)60)41(48)53-44(54-42)49-27-10-8-2/h21-22,24-25,34,36H,7-20,23,26-32H2,1-6H3,(H,50,57)(H,51,61)(H,52,60)(H3,48,49,53,54)/t34-,36+/m1/s1. The number of benzene rings is 1. The van der Waals surface area contributed by atoms with Crippen LogP contribution < -0.4 is 27.4 Å². The molecule has 0 fully saturated rings. The zero-order valence-corrected chi connectivity index (χ0v) is 40.3. The Morgan fingerprint density at radius 1 is 0.877 bits per heavy atom. The van der Waals surface area contributed by atoms with E-state index in [0.29, 0.717) is 41.5 Å². The van der Waals surface area contributed by atoms with Crippen LogP contribution in [0.2, 0.25) is 0 Å². The molecule has 17 nitrogen and oxygen atoms in total. The van der Waals surface area contributed by atoms with Crippen LogP contribution in [-0.4, -0.2) is 92.7 Å². The third-order valence-electron chi connectivity index (χ3n) is 10.6. The number of methoxy groups -OCH3 is 1. The topological polar surface area (TPSA) is 239 Å². The van der Waals surface area contributed by atoms with Gasteiger partial charge in [-0.2, -0.15) is 21.7 Å². The molecule has 2 heterocycles. The molecule has 0 bridgehead atoms. The second-order valence-electron chi connectivity index (χ2n) is 17.4. The van der Waals surface area contributed by atoms with E-state index in [-0.39, 0.29) is 55.9 Å². The van der Waals surface area contributed by atoms with Gasteiger partial charge < -0.3 is 40.9 Å². The Labute approximate surface area is 388 Å². The largest absolute Gasteiger partial charge is 0.469 e. The number of thioether (sulfide) groups is 1. The van der Waals surface area contributed by atoms with Crippen molar-refractivity contribution in [1.29, 1.82) is 0 Å². The molecule has 362 valence electrons. The van der Waals surface area contributed by atoms with Crippen LogP contribution in [-0.2, 0) is 39.9 Å². The number of H-pyrrole nitrogens is 1. The third kappa shape index (κ3) is 21.2. The van der Waals surface area contributed by atoms with Gasteiger partial charge in [-0.25, -0.2) is 9.59 Å². The van der Waals surface area contributed by atoms with E-state index in [0.717, 1.165) is 37.7 Å². The van der Waals surface area contributed by atoms with Crippen molar-refractivity contribution in [3.05, 3.63) is 40.3 Å². The number of aromatic amines is 1. The van der Waals surface area contributed by atoms with Gasteiger partial charge in [0.15, 0.2) is 17.2 Å². The summed E-state index contributed by atoms with van der Waals surface area (Å²) in [5, 5.41) is 8.59. The van der Waals surface area contributed by atoms with Crippen LogP contribution in [0.15, 0.2) is 29.1 Å². The maximum Gasteiger partial charge on any atom is 0.408 e. The fraction of sp³-hybridized carbons (Fsp3) is 0.660. The van der Waals surface area contributed by atoms with Crippen LogP contribution >= 0.6 is 11.8 Å². The molecule has 0 aliphatic rings. The maximum absolute atomic E-state index is 13.7. The van der Waals surface area contributed by atoms with Crippen molar-refractivity contribution in [2.24, 2.45) is 5.92 Å². The number of imidazole rings is 1. The summed E-state index contributed by atoms with van der Waals surface area (Å²) in [5.41, 5.74) is 6.88.